The summed E-state index contributed by atoms with van der Waals surface area (Å²) in [6.07, 6.45) is 4.04. The van der Waals surface area contributed by atoms with Crippen molar-refractivity contribution in [2.45, 2.75) is 6.42 Å². The number of hydrogen-bond acceptors (Lipinski definition) is 11. The Labute approximate surface area is 292 Å². The Morgan fingerprint density at radius 3 is 2.67 bits per heavy atom. The number of nitrogens with one attached hydrogen (secondary N) is 3. The van der Waals surface area contributed by atoms with Gasteiger partial charge in [-0.15, -0.1) is 10.8 Å². The summed E-state index contributed by atoms with van der Waals surface area (Å²) in [6.45, 7) is 0.998. The van der Waals surface area contributed by atoms with Gasteiger partial charge in [0.25, 0.3) is 0 Å². The van der Waals surface area contributed by atoms with E-state index in [0.29, 0.717) is 81.2 Å². The number of hydrogen-bond donors (Lipinski definition) is 4. The highest BCUT2D eigenvalue weighted by Gasteiger charge is 2.22. The third kappa shape index (κ3) is 5.93. The van der Waals surface area contributed by atoms with Crippen molar-refractivity contribution in [2.75, 3.05) is 23.7 Å². The maximum Gasteiger partial charge on any atom is 0.336 e. The molecule has 1 aliphatic carbocycles. The Balaban J connectivity index is 0.967. The first-order valence-electron chi connectivity index (χ1n) is 15.7. The first-order chi connectivity index (χ1) is 24.7. The summed E-state index contributed by atoms with van der Waals surface area (Å²) in [5.74, 6) is 0.226. The SMILES string of the molecule is Cn1cc2c(nc(NCCCNC(=S)Nc3ccc(-c4c5ccc(=O)cc-5oc5cc([O-])ccc45)c(C(=O)O)c3)n3nc(-c4ccco4)nc23)n1. The van der Waals surface area contributed by atoms with Gasteiger partial charge in [0.1, 0.15) is 11.3 Å². The van der Waals surface area contributed by atoms with Crippen molar-refractivity contribution in [1.82, 2.24) is 34.7 Å². The standard InChI is InChI=1S/C35H27N9O6S/c1-43-17-25-30(41-43)40-34(44-32(25)39-31(42-44)26-4-2-13-49-26)36-11-3-12-37-35(51)38-18-5-8-21(24(14-18)33(47)48)29-22-9-6-19(45)15-27(22)50-28-16-20(46)7-10-23(28)29/h2,4-10,13-17,45H,3,11-12H2,1H3,(H,47,48)(H,36,40,41)(H2,37,38,51)/p-1. The second-order valence-corrected chi connectivity index (χ2v) is 12.1. The van der Waals surface area contributed by atoms with E-state index in [9.17, 15) is 19.8 Å². The molecule has 0 unspecified atom stereocenters. The molecular formula is C35H26N9O6S-. The van der Waals surface area contributed by atoms with E-state index in [0.717, 1.165) is 5.39 Å². The molecule has 4 N–H and O–H groups in total. The number of benzene rings is 3. The van der Waals surface area contributed by atoms with Crippen LogP contribution < -0.4 is 26.5 Å². The summed E-state index contributed by atoms with van der Waals surface area (Å²) in [6, 6.07) is 17.0. The molecule has 0 spiro atoms. The van der Waals surface area contributed by atoms with Gasteiger partial charge in [0, 0.05) is 54.6 Å². The van der Waals surface area contributed by atoms with E-state index in [2.05, 4.69) is 36.1 Å². The molecule has 2 aliphatic rings. The van der Waals surface area contributed by atoms with Gasteiger partial charge in [-0.25, -0.2) is 9.78 Å². The van der Waals surface area contributed by atoms with Gasteiger partial charge in [-0.1, -0.05) is 18.2 Å². The van der Waals surface area contributed by atoms with Crippen LogP contribution in [0.1, 0.15) is 16.8 Å². The molecule has 0 atom stereocenters. The van der Waals surface area contributed by atoms with Gasteiger partial charge in [0.2, 0.25) is 11.8 Å². The lowest BCUT2D eigenvalue weighted by Crippen LogP contribution is -2.30. The van der Waals surface area contributed by atoms with Crippen LogP contribution in [-0.4, -0.2) is 58.6 Å². The van der Waals surface area contributed by atoms with E-state index in [4.69, 9.17) is 21.1 Å². The number of aromatic carboxylic acids is 1. The largest absolute Gasteiger partial charge is 0.872 e. The topological polar surface area (TPSA) is 201 Å². The minimum absolute atomic E-state index is 0.00907. The van der Waals surface area contributed by atoms with Gasteiger partial charge < -0.3 is 35.0 Å². The molecule has 1 aliphatic heterocycles. The number of furan rings is 1. The summed E-state index contributed by atoms with van der Waals surface area (Å²) in [5.41, 5.74) is 2.98. The van der Waals surface area contributed by atoms with Crippen LogP contribution in [0, 0.1) is 0 Å². The van der Waals surface area contributed by atoms with Crippen molar-refractivity contribution in [3.8, 4) is 39.8 Å². The van der Waals surface area contributed by atoms with Gasteiger partial charge in [-0.2, -0.15) is 14.6 Å². The predicted octanol–water partition coefficient (Wildman–Crippen LogP) is 4.71. The molecule has 254 valence electrons. The normalized spacial score (nSPS) is 11.5. The van der Waals surface area contributed by atoms with Gasteiger partial charge >= 0.3 is 5.97 Å². The van der Waals surface area contributed by atoms with Crippen molar-refractivity contribution < 1.29 is 23.8 Å². The van der Waals surface area contributed by atoms with Crippen molar-refractivity contribution in [2.24, 2.45) is 7.05 Å². The smallest absolute Gasteiger partial charge is 0.336 e. The third-order valence-corrected chi connectivity index (χ3v) is 8.42. The van der Waals surface area contributed by atoms with Crippen molar-refractivity contribution in [3.63, 3.8) is 0 Å². The van der Waals surface area contributed by atoms with E-state index < -0.39 is 5.97 Å². The molecular weight excluding hydrogens is 675 g/mol. The van der Waals surface area contributed by atoms with E-state index in [-0.39, 0.29) is 28.1 Å². The summed E-state index contributed by atoms with van der Waals surface area (Å²) in [5, 5.41) is 42.5. The molecule has 2 aromatic carbocycles. The van der Waals surface area contributed by atoms with Crippen LogP contribution >= 0.6 is 12.2 Å². The van der Waals surface area contributed by atoms with Crippen LogP contribution in [-0.2, 0) is 7.05 Å². The minimum atomic E-state index is -1.17. The quantitative estimate of drug-likeness (QED) is 0.0916. The Morgan fingerprint density at radius 2 is 1.84 bits per heavy atom. The Bertz CT molecular complexity index is 2660. The average molecular weight is 701 g/mol. The zero-order chi connectivity index (χ0) is 35.2. The number of aromatic nitrogens is 6. The lowest BCUT2D eigenvalue weighted by atomic mass is 9.90. The summed E-state index contributed by atoms with van der Waals surface area (Å²) >= 11 is 5.51. The molecule has 0 saturated carbocycles. The number of carbonyl (C=O) groups is 1. The Morgan fingerprint density at radius 1 is 0.980 bits per heavy atom. The molecule has 0 bridgehead atoms. The van der Waals surface area contributed by atoms with Crippen LogP contribution in [0.5, 0.6) is 5.75 Å². The molecule has 0 fully saturated rings. The summed E-state index contributed by atoms with van der Waals surface area (Å²) < 4.78 is 14.7. The molecule has 51 heavy (non-hydrogen) atoms. The predicted molar refractivity (Wildman–Crippen MR) is 191 cm³/mol. The number of rotatable bonds is 9. The Kier molecular flexibility index (Phi) is 7.76. The number of thiocarbonyl (C=S) groups is 1. The lowest BCUT2D eigenvalue weighted by molar-refractivity contribution is -0.268. The van der Waals surface area contributed by atoms with Gasteiger partial charge in [0.05, 0.1) is 17.2 Å². The number of nitrogens with zero attached hydrogens (tertiary/aromatic N) is 6. The van der Waals surface area contributed by atoms with Gasteiger partial charge in [-0.05, 0) is 66.7 Å². The van der Waals surface area contributed by atoms with E-state index in [1.165, 1.54) is 30.3 Å². The Hall–Kier alpha value is -6.81. The molecule has 4 aromatic heterocycles. The highest BCUT2D eigenvalue weighted by Crippen LogP contribution is 2.42. The highest BCUT2D eigenvalue weighted by atomic mass is 32.1. The molecule has 0 amide bonds. The van der Waals surface area contributed by atoms with Crippen molar-refractivity contribution in [3.05, 3.63) is 95.0 Å². The molecule has 0 saturated heterocycles. The second kappa shape index (κ2) is 12.6. The maximum absolute atomic E-state index is 12.6. The monoisotopic (exact) mass is 700 g/mol. The minimum Gasteiger partial charge on any atom is -0.872 e. The fourth-order valence-electron chi connectivity index (χ4n) is 5.95. The third-order valence-electron chi connectivity index (χ3n) is 8.18. The number of carboxylic acid groups (broad SMARTS) is 1. The molecule has 6 aromatic rings. The van der Waals surface area contributed by atoms with Gasteiger partial charge in [-0.3, -0.25) is 9.48 Å². The molecule has 15 nitrogen and oxygen atoms in total. The number of fused-ring (bicyclic) bond motifs is 5. The van der Waals surface area contributed by atoms with Crippen LogP contribution in [0.15, 0.2) is 92.8 Å². The summed E-state index contributed by atoms with van der Waals surface area (Å²) in [7, 11) is 1.81. The summed E-state index contributed by atoms with van der Waals surface area (Å²) in [4.78, 5) is 34.0. The first kappa shape index (κ1) is 31.5. The molecule has 16 heteroatoms. The fourth-order valence-corrected chi connectivity index (χ4v) is 6.17. The van der Waals surface area contributed by atoms with E-state index in [1.54, 1.807) is 51.9 Å². The number of anilines is 2. The zero-order valence-electron chi connectivity index (χ0n) is 26.7. The fraction of sp³-hybridized carbons (Fsp3) is 0.114. The number of aryl methyl sites for hydroxylation is 1. The first-order valence-corrected chi connectivity index (χ1v) is 16.1. The number of carboxylic acids is 1. The lowest BCUT2D eigenvalue weighted by Gasteiger charge is -2.18. The van der Waals surface area contributed by atoms with Crippen molar-refractivity contribution in [1.29, 1.82) is 0 Å². The van der Waals surface area contributed by atoms with Crippen LogP contribution in [0.3, 0.4) is 0 Å². The van der Waals surface area contributed by atoms with Crippen LogP contribution in [0.2, 0.25) is 0 Å². The highest BCUT2D eigenvalue weighted by molar-refractivity contribution is 7.80. The second-order valence-electron chi connectivity index (χ2n) is 11.6. The van der Waals surface area contributed by atoms with Crippen LogP contribution in [0.25, 0.3) is 61.7 Å². The van der Waals surface area contributed by atoms with Gasteiger partial charge in [0.15, 0.2) is 27.6 Å². The zero-order valence-corrected chi connectivity index (χ0v) is 27.5. The molecule has 5 heterocycles. The van der Waals surface area contributed by atoms with Crippen LogP contribution in [0.4, 0.5) is 11.6 Å². The van der Waals surface area contributed by atoms with Crippen molar-refractivity contribution >= 4 is 62.6 Å². The average Bonchev–Trinajstić information content (AvgIpc) is 3.87. The molecule has 8 rings (SSSR count). The van der Waals surface area contributed by atoms with E-state index in [1.807, 2.05) is 13.2 Å². The molecule has 0 radical (unpaired) electrons. The van der Waals surface area contributed by atoms with E-state index >= 15 is 0 Å². The maximum atomic E-state index is 12.6.